The van der Waals surface area contributed by atoms with E-state index in [0.29, 0.717) is 41.9 Å². The third-order valence-corrected chi connectivity index (χ3v) is 11.1. The van der Waals surface area contributed by atoms with Gasteiger partial charge in [-0.25, -0.2) is 8.42 Å². The SMILES string of the molecule is C=C1/C(=C\C=C2/CCC[C@]3(C)[C@@H]([C@H](C)CCS(=O)(=O)c4ccc(C=NC)cc4)CC[C@@H]23)C[C@@H](O)C[C@@H]1O. The molecule has 4 rings (SSSR count). The minimum Gasteiger partial charge on any atom is -0.393 e. The fourth-order valence-electron chi connectivity index (χ4n) is 7.25. The average molecular weight is 526 g/mol. The van der Waals surface area contributed by atoms with Gasteiger partial charge in [-0.3, -0.25) is 4.99 Å². The number of fused-ring (bicyclic) bond motifs is 1. The Labute approximate surface area is 223 Å². The van der Waals surface area contributed by atoms with Gasteiger partial charge in [-0.15, -0.1) is 0 Å². The molecule has 2 N–H and O–H groups in total. The Hall–Kier alpha value is -2.02. The van der Waals surface area contributed by atoms with Crippen LogP contribution < -0.4 is 0 Å². The van der Waals surface area contributed by atoms with Crippen LogP contribution in [0.15, 0.2) is 69.6 Å². The molecule has 3 fully saturated rings. The molecule has 3 aliphatic carbocycles. The first-order chi connectivity index (χ1) is 17.5. The molecule has 0 bridgehead atoms. The molecule has 0 unspecified atom stereocenters. The highest BCUT2D eigenvalue weighted by Gasteiger charge is 2.50. The van der Waals surface area contributed by atoms with Crippen LogP contribution in [0.3, 0.4) is 0 Å². The zero-order valence-electron chi connectivity index (χ0n) is 22.6. The van der Waals surface area contributed by atoms with Gasteiger partial charge in [-0.1, -0.05) is 50.3 Å². The van der Waals surface area contributed by atoms with Gasteiger partial charge < -0.3 is 10.2 Å². The number of allylic oxidation sites excluding steroid dienone is 3. The van der Waals surface area contributed by atoms with Crippen LogP contribution in [0.25, 0.3) is 0 Å². The summed E-state index contributed by atoms with van der Waals surface area (Å²) in [6, 6.07) is 6.99. The highest BCUT2D eigenvalue weighted by Crippen LogP contribution is 2.59. The number of sulfone groups is 1. The van der Waals surface area contributed by atoms with Crippen molar-refractivity contribution in [3.63, 3.8) is 0 Å². The molecule has 1 aromatic rings. The lowest BCUT2D eigenvalue weighted by atomic mass is 9.61. The molecule has 37 heavy (non-hydrogen) atoms. The smallest absolute Gasteiger partial charge is 0.178 e. The summed E-state index contributed by atoms with van der Waals surface area (Å²) < 4.78 is 26.1. The Bertz CT molecular complexity index is 1180. The van der Waals surface area contributed by atoms with Crippen LogP contribution in [0.1, 0.15) is 70.8 Å². The summed E-state index contributed by atoms with van der Waals surface area (Å²) in [5.74, 6) is 1.51. The maximum absolute atomic E-state index is 13.1. The first-order valence-electron chi connectivity index (χ1n) is 13.7. The van der Waals surface area contributed by atoms with E-state index in [1.54, 1.807) is 37.5 Å². The molecule has 0 spiro atoms. The number of rotatable bonds is 7. The third-order valence-electron chi connectivity index (χ3n) is 9.35. The Morgan fingerprint density at radius 1 is 1.19 bits per heavy atom. The van der Waals surface area contributed by atoms with Crippen molar-refractivity contribution in [1.29, 1.82) is 0 Å². The first-order valence-corrected chi connectivity index (χ1v) is 15.4. The van der Waals surface area contributed by atoms with E-state index in [4.69, 9.17) is 0 Å². The van der Waals surface area contributed by atoms with Crippen molar-refractivity contribution in [3.8, 4) is 0 Å². The maximum atomic E-state index is 13.1. The summed E-state index contributed by atoms with van der Waals surface area (Å²) in [5.41, 5.74) is 4.22. The van der Waals surface area contributed by atoms with Gasteiger partial charge in [-0.2, -0.15) is 0 Å². The normalized spacial score (nSPS) is 33.8. The highest BCUT2D eigenvalue weighted by molar-refractivity contribution is 7.91. The molecule has 0 heterocycles. The van der Waals surface area contributed by atoms with E-state index in [2.05, 4.69) is 37.6 Å². The molecule has 1 aromatic carbocycles. The monoisotopic (exact) mass is 525 g/mol. The van der Waals surface area contributed by atoms with E-state index in [1.807, 2.05) is 0 Å². The summed E-state index contributed by atoms with van der Waals surface area (Å²) in [6.07, 6.45) is 12.1. The number of aliphatic hydroxyl groups is 2. The van der Waals surface area contributed by atoms with E-state index >= 15 is 0 Å². The minimum atomic E-state index is -3.32. The lowest BCUT2D eigenvalue weighted by molar-refractivity contribution is 0.0861. The van der Waals surface area contributed by atoms with Crippen LogP contribution in [0.4, 0.5) is 0 Å². The second-order valence-corrected chi connectivity index (χ2v) is 13.8. The summed E-state index contributed by atoms with van der Waals surface area (Å²) in [7, 11) is -1.62. The van der Waals surface area contributed by atoms with Crippen LogP contribution in [0.5, 0.6) is 0 Å². The zero-order chi connectivity index (χ0) is 26.8. The fourth-order valence-corrected chi connectivity index (χ4v) is 8.72. The summed E-state index contributed by atoms with van der Waals surface area (Å²) in [6.45, 7) is 8.71. The lowest BCUT2D eigenvalue weighted by Gasteiger charge is -2.44. The van der Waals surface area contributed by atoms with Crippen molar-refractivity contribution in [2.45, 2.75) is 82.3 Å². The molecule has 3 aliphatic rings. The number of hydrogen-bond acceptors (Lipinski definition) is 5. The molecule has 0 saturated heterocycles. The minimum absolute atomic E-state index is 0.175. The Balaban J connectivity index is 1.44. The average Bonchev–Trinajstić information content (AvgIpc) is 3.22. The van der Waals surface area contributed by atoms with Gasteiger partial charge in [0.15, 0.2) is 9.84 Å². The maximum Gasteiger partial charge on any atom is 0.178 e. The Morgan fingerprint density at radius 3 is 2.62 bits per heavy atom. The summed E-state index contributed by atoms with van der Waals surface area (Å²) in [4.78, 5) is 4.37. The summed E-state index contributed by atoms with van der Waals surface area (Å²) >= 11 is 0. The molecule has 6 atom stereocenters. The Kier molecular flexibility index (Phi) is 8.61. The van der Waals surface area contributed by atoms with Gasteiger partial charge >= 0.3 is 0 Å². The Morgan fingerprint density at radius 2 is 1.92 bits per heavy atom. The van der Waals surface area contributed by atoms with Crippen molar-refractivity contribution < 1.29 is 18.6 Å². The number of aliphatic imine (C=N–C) groups is 1. The molecule has 5 nitrogen and oxygen atoms in total. The second-order valence-electron chi connectivity index (χ2n) is 11.7. The van der Waals surface area contributed by atoms with E-state index in [0.717, 1.165) is 42.4 Å². The molecule has 0 aliphatic heterocycles. The quantitative estimate of drug-likeness (QED) is 0.449. The molecule has 0 aromatic heterocycles. The molecular weight excluding hydrogens is 482 g/mol. The molecule has 0 radical (unpaired) electrons. The van der Waals surface area contributed by atoms with Crippen LogP contribution >= 0.6 is 0 Å². The van der Waals surface area contributed by atoms with Gasteiger partial charge in [0.1, 0.15) is 0 Å². The van der Waals surface area contributed by atoms with Crippen LogP contribution in [-0.4, -0.2) is 49.9 Å². The molecular formula is C31H43NO4S. The van der Waals surface area contributed by atoms with Crippen molar-refractivity contribution >= 4 is 16.1 Å². The lowest BCUT2D eigenvalue weighted by Crippen LogP contribution is -2.36. The molecule has 6 heteroatoms. The predicted octanol–water partition coefficient (Wildman–Crippen LogP) is 5.68. The largest absolute Gasteiger partial charge is 0.393 e. The van der Waals surface area contributed by atoms with E-state index < -0.39 is 22.0 Å². The highest BCUT2D eigenvalue weighted by atomic mass is 32.2. The van der Waals surface area contributed by atoms with Gasteiger partial charge in [0, 0.05) is 19.7 Å². The van der Waals surface area contributed by atoms with Crippen molar-refractivity contribution in [2.75, 3.05) is 12.8 Å². The topological polar surface area (TPSA) is 87.0 Å². The number of aliphatic hydroxyl groups excluding tert-OH is 2. The van der Waals surface area contributed by atoms with Gasteiger partial charge in [0.25, 0.3) is 0 Å². The number of benzene rings is 1. The number of nitrogens with zero attached hydrogens (tertiary/aromatic N) is 1. The van der Waals surface area contributed by atoms with E-state index in [1.165, 1.54) is 12.0 Å². The molecule has 202 valence electrons. The first kappa shape index (κ1) is 28.0. The van der Waals surface area contributed by atoms with Crippen LogP contribution in [0, 0.1) is 23.2 Å². The van der Waals surface area contributed by atoms with Crippen LogP contribution in [0.2, 0.25) is 0 Å². The van der Waals surface area contributed by atoms with Gasteiger partial charge in [0.05, 0.1) is 22.9 Å². The number of hydrogen-bond donors (Lipinski definition) is 2. The van der Waals surface area contributed by atoms with Gasteiger partial charge in [-0.05, 0) is 97.0 Å². The van der Waals surface area contributed by atoms with E-state index in [-0.39, 0.29) is 11.2 Å². The van der Waals surface area contributed by atoms with Crippen molar-refractivity contribution in [2.24, 2.45) is 28.2 Å². The van der Waals surface area contributed by atoms with Crippen molar-refractivity contribution in [3.05, 3.63) is 65.3 Å². The summed E-state index contributed by atoms with van der Waals surface area (Å²) in [5, 5.41) is 20.3. The standard InChI is InChI=1S/C31H43NO4S/c1-21(15-17-37(35,36)27-11-7-23(8-12-27)20-32-4)28-13-14-29-24(6-5-16-31(28,29)3)9-10-25-18-26(33)19-30(34)22(25)2/h7-12,20-21,26,28-30,33-34H,2,5-6,13-19H2,1,3-4H3/b24-9+,25-10-,32-20?/t21-,26-,28-,29+,30+,31-/m1/s1. The second kappa shape index (κ2) is 11.4. The molecule has 0 amide bonds. The third kappa shape index (κ3) is 6.02. The zero-order valence-corrected chi connectivity index (χ0v) is 23.4. The predicted molar refractivity (Wildman–Crippen MR) is 151 cm³/mol. The van der Waals surface area contributed by atoms with E-state index in [9.17, 15) is 18.6 Å². The fraction of sp³-hybridized carbons (Fsp3) is 0.581. The van der Waals surface area contributed by atoms with Crippen molar-refractivity contribution in [1.82, 2.24) is 0 Å². The van der Waals surface area contributed by atoms with Crippen LogP contribution in [-0.2, 0) is 9.84 Å². The van der Waals surface area contributed by atoms with Gasteiger partial charge in [0.2, 0.25) is 0 Å². The molecule has 3 saturated carbocycles.